The molecule has 0 spiro atoms. The second-order valence-electron chi connectivity index (χ2n) is 5.37. The summed E-state index contributed by atoms with van der Waals surface area (Å²) >= 11 is 0. The van der Waals surface area contributed by atoms with E-state index in [2.05, 4.69) is 4.98 Å². The van der Waals surface area contributed by atoms with Crippen LogP contribution in [0.3, 0.4) is 0 Å². The number of carbonyl (C=O) groups excluding carboxylic acids is 1. The summed E-state index contributed by atoms with van der Waals surface area (Å²) in [7, 11) is 0. The fraction of sp³-hybridized carbons (Fsp3) is 0.533. The van der Waals surface area contributed by atoms with Gasteiger partial charge in [-0.2, -0.15) is 0 Å². The maximum Gasteiger partial charge on any atom is 0.323 e. The van der Waals surface area contributed by atoms with Crippen molar-refractivity contribution in [2.75, 3.05) is 19.6 Å². The van der Waals surface area contributed by atoms with Crippen molar-refractivity contribution in [2.24, 2.45) is 5.92 Å². The molecule has 0 bridgehead atoms. The fourth-order valence-corrected chi connectivity index (χ4v) is 2.21. The first-order chi connectivity index (χ1) is 10.1. The molecule has 1 aliphatic rings. The first kappa shape index (κ1) is 15.3. The zero-order valence-electron chi connectivity index (χ0n) is 12.2. The first-order valence-electron chi connectivity index (χ1n) is 7.24. The van der Waals surface area contributed by atoms with Gasteiger partial charge in [-0.1, -0.05) is 0 Å². The van der Waals surface area contributed by atoms with Crippen molar-refractivity contribution in [3.8, 4) is 0 Å². The lowest BCUT2D eigenvalue weighted by Crippen LogP contribution is -2.45. The summed E-state index contributed by atoms with van der Waals surface area (Å²) in [4.78, 5) is 30.6. The van der Waals surface area contributed by atoms with E-state index in [0.717, 1.165) is 18.4 Å². The number of amides is 2. The van der Waals surface area contributed by atoms with Crippen molar-refractivity contribution in [1.29, 1.82) is 0 Å². The lowest BCUT2D eigenvalue weighted by Gasteiger charge is -2.29. The molecule has 0 aliphatic heterocycles. The highest BCUT2D eigenvalue weighted by molar-refractivity contribution is 5.80. The van der Waals surface area contributed by atoms with Crippen LogP contribution in [0.15, 0.2) is 24.5 Å². The van der Waals surface area contributed by atoms with Crippen LogP contribution in [0.1, 0.15) is 25.3 Å². The van der Waals surface area contributed by atoms with Crippen LogP contribution >= 0.6 is 0 Å². The van der Waals surface area contributed by atoms with Gasteiger partial charge in [0, 0.05) is 32.0 Å². The van der Waals surface area contributed by atoms with Crippen molar-refractivity contribution < 1.29 is 14.7 Å². The van der Waals surface area contributed by atoms with Crippen LogP contribution in [0.5, 0.6) is 0 Å². The predicted octanol–water partition coefficient (Wildman–Crippen LogP) is 1.82. The van der Waals surface area contributed by atoms with Crippen LogP contribution in [0.2, 0.25) is 0 Å². The molecule has 1 aromatic heterocycles. The highest BCUT2D eigenvalue weighted by atomic mass is 16.4. The molecule has 0 atom stereocenters. The summed E-state index contributed by atoms with van der Waals surface area (Å²) in [6.45, 7) is 3.22. The van der Waals surface area contributed by atoms with Gasteiger partial charge >= 0.3 is 12.0 Å². The molecule has 0 saturated heterocycles. The molecular formula is C15H21N3O3. The van der Waals surface area contributed by atoms with Crippen molar-refractivity contribution in [3.05, 3.63) is 30.1 Å². The Morgan fingerprint density at radius 1 is 1.29 bits per heavy atom. The Morgan fingerprint density at radius 2 is 1.95 bits per heavy atom. The van der Waals surface area contributed by atoms with Gasteiger partial charge in [0.25, 0.3) is 0 Å². The molecule has 21 heavy (non-hydrogen) atoms. The average Bonchev–Trinajstić information content (AvgIpc) is 3.28. The third-order valence-electron chi connectivity index (χ3n) is 3.55. The van der Waals surface area contributed by atoms with Crippen LogP contribution in [0.25, 0.3) is 0 Å². The number of urea groups is 1. The molecule has 1 saturated carbocycles. The number of pyridine rings is 1. The van der Waals surface area contributed by atoms with Crippen LogP contribution < -0.4 is 0 Å². The summed E-state index contributed by atoms with van der Waals surface area (Å²) in [5.74, 6) is -0.503. The molecule has 114 valence electrons. The largest absolute Gasteiger partial charge is 0.480 e. The Balaban J connectivity index is 2.02. The van der Waals surface area contributed by atoms with Gasteiger partial charge in [-0.15, -0.1) is 0 Å². The van der Waals surface area contributed by atoms with Crippen LogP contribution in [-0.2, 0) is 11.3 Å². The van der Waals surface area contributed by atoms with Gasteiger partial charge in [-0.3, -0.25) is 9.78 Å². The number of aromatic nitrogens is 1. The quantitative estimate of drug-likeness (QED) is 0.831. The van der Waals surface area contributed by atoms with E-state index < -0.39 is 5.97 Å². The molecule has 1 N–H and O–H groups in total. The smallest absolute Gasteiger partial charge is 0.323 e. The second kappa shape index (κ2) is 7.06. The Hall–Kier alpha value is -2.11. The zero-order valence-corrected chi connectivity index (χ0v) is 12.2. The molecule has 6 heteroatoms. The van der Waals surface area contributed by atoms with E-state index in [1.54, 1.807) is 17.3 Å². The van der Waals surface area contributed by atoms with E-state index in [1.807, 2.05) is 19.1 Å². The number of carbonyl (C=O) groups is 2. The van der Waals surface area contributed by atoms with E-state index in [1.165, 1.54) is 4.90 Å². The van der Waals surface area contributed by atoms with Gasteiger partial charge in [0.05, 0.1) is 0 Å². The number of carboxylic acid groups (broad SMARTS) is 1. The fourth-order valence-electron chi connectivity index (χ4n) is 2.21. The zero-order chi connectivity index (χ0) is 15.2. The van der Waals surface area contributed by atoms with Crippen molar-refractivity contribution >= 4 is 12.0 Å². The topological polar surface area (TPSA) is 73.7 Å². The van der Waals surface area contributed by atoms with Crippen LogP contribution in [0, 0.1) is 5.92 Å². The standard InChI is InChI=1S/C15H21N3O3/c1-2-17(9-13-5-7-16-8-6-13)15(21)18(11-14(19)20)10-12-3-4-12/h5-8,12H,2-4,9-11H2,1H3,(H,19,20). The monoisotopic (exact) mass is 291 g/mol. The van der Waals surface area contributed by atoms with Gasteiger partial charge in [0.2, 0.25) is 0 Å². The summed E-state index contributed by atoms with van der Waals surface area (Å²) in [5.41, 5.74) is 0.988. The third-order valence-corrected chi connectivity index (χ3v) is 3.55. The van der Waals surface area contributed by atoms with E-state index in [9.17, 15) is 9.59 Å². The van der Waals surface area contributed by atoms with Gasteiger partial charge in [0.15, 0.2) is 0 Å². The minimum atomic E-state index is -0.969. The molecule has 2 amide bonds. The molecule has 1 heterocycles. The van der Waals surface area contributed by atoms with Crippen molar-refractivity contribution in [1.82, 2.24) is 14.8 Å². The number of nitrogens with zero attached hydrogens (tertiary/aromatic N) is 3. The van der Waals surface area contributed by atoms with Gasteiger partial charge < -0.3 is 14.9 Å². The van der Waals surface area contributed by atoms with E-state index in [0.29, 0.717) is 25.6 Å². The Bertz CT molecular complexity index is 488. The van der Waals surface area contributed by atoms with Gasteiger partial charge in [0.1, 0.15) is 6.54 Å². The van der Waals surface area contributed by atoms with E-state index >= 15 is 0 Å². The maximum absolute atomic E-state index is 12.6. The summed E-state index contributed by atoms with van der Waals surface area (Å²) in [6.07, 6.45) is 5.54. The molecule has 1 fully saturated rings. The maximum atomic E-state index is 12.6. The SMILES string of the molecule is CCN(Cc1ccncc1)C(=O)N(CC(=O)O)CC1CC1. The minimum absolute atomic E-state index is 0.205. The average molecular weight is 291 g/mol. The Labute approximate surface area is 124 Å². The van der Waals surface area contributed by atoms with Crippen molar-refractivity contribution in [3.63, 3.8) is 0 Å². The van der Waals surface area contributed by atoms with E-state index in [-0.39, 0.29) is 12.6 Å². The molecular weight excluding hydrogens is 270 g/mol. The number of hydrogen-bond donors (Lipinski definition) is 1. The highest BCUT2D eigenvalue weighted by Gasteiger charge is 2.29. The first-order valence-corrected chi connectivity index (χ1v) is 7.24. The second-order valence-corrected chi connectivity index (χ2v) is 5.37. The number of rotatable bonds is 7. The molecule has 6 nitrogen and oxygen atoms in total. The minimum Gasteiger partial charge on any atom is -0.480 e. The molecule has 1 aliphatic carbocycles. The van der Waals surface area contributed by atoms with Crippen LogP contribution in [0.4, 0.5) is 4.79 Å². The van der Waals surface area contributed by atoms with Gasteiger partial charge in [-0.25, -0.2) is 4.79 Å². The Kier molecular flexibility index (Phi) is 5.14. The van der Waals surface area contributed by atoms with E-state index in [4.69, 9.17) is 5.11 Å². The molecule has 0 aromatic carbocycles. The third kappa shape index (κ3) is 4.73. The number of carboxylic acids is 1. The normalized spacial score (nSPS) is 13.8. The molecule has 2 rings (SSSR count). The molecule has 0 radical (unpaired) electrons. The number of aliphatic carboxylic acids is 1. The lowest BCUT2D eigenvalue weighted by atomic mass is 10.2. The van der Waals surface area contributed by atoms with Gasteiger partial charge in [-0.05, 0) is 43.4 Å². The lowest BCUT2D eigenvalue weighted by molar-refractivity contribution is -0.137. The summed E-state index contributed by atoms with van der Waals surface area (Å²) in [5, 5.41) is 8.99. The number of hydrogen-bond acceptors (Lipinski definition) is 3. The highest BCUT2D eigenvalue weighted by Crippen LogP contribution is 2.30. The Morgan fingerprint density at radius 3 is 2.48 bits per heavy atom. The van der Waals surface area contributed by atoms with Crippen LogP contribution in [-0.4, -0.2) is 51.5 Å². The molecule has 0 unspecified atom stereocenters. The molecule has 1 aromatic rings. The van der Waals surface area contributed by atoms with Crippen molar-refractivity contribution in [2.45, 2.75) is 26.3 Å². The summed E-state index contributed by atoms with van der Waals surface area (Å²) < 4.78 is 0. The predicted molar refractivity (Wildman–Crippen MR) is 77.6 cm³/mol. The summed E-state index contributed by atoms with van der Waals surface area (Å²) in [6, 6.07) is 3.51.